The van der Waals surface area contributed by atoms with E-state index in [0.717, 1.165) is 75.3 Å². The van der Waals surface area contributed by atoms with E-state index in [1.54, 1.807) is 0 Å². The van der Waals surface area contributed by atoms with Gasteiger partial charge in [0.2, 0.25) is 0 Å². The second-order valence-electron chi connectivity index (χ2n) is 10.00. The summed E-state index contributed by atoms with van der Waals surface area (Å²) in [7, 11) is 0. The fourth-order valence-corrected chi connectivity index (χ4v) is 6.67. The fourth-order valence-electron chi connectivity index (χ4n) is 6.67. The van der Waals surface area contributed by atoms with E-state index in [1.165, 1.54) is 24.8 Å². The van der Waals surface area contributed by atoms with E-state index >= 15 is 0 Å². The van der Waals surface area contributed by atoms with Gasteiger partial charge < -0.3 is 15.0 Å². The zero-order valence-corrected chi connectivity index (χ0v) is 17.2. The zero-order valence-electron chi connectivity index (χ0n) is 17.2. The summed E-state index contributed by atoms with van der Waals surface area (Å²) in [5, 5.41) is 3.44. The molecule has 0 radical (unpaired) electrons. The van der Waals surface area contributed by atoms with E-state index in [2.05, 4.69) is 15.1 Å². The van der Waals surface area contributed by atoms with Crippen molar-refractivity contribution >= 4 is 5.82 Å². The van der Waals surface area contributed by atoms with Crippen LogP contribution in [0.4, 0.5) is 10.2 Å². The first kappa shape index (κ1) is 18.3. The minimum atomic E-state index is -0.730. The van der Waals surface area contributed by atoms with Crippen molar-refractivity contribution in [2.45, 2.75) is 63.2 Å². The SMILES string of the molecule is F[C@H]1CN2CCCC2(COc2nc3c(c(N4CC5CCC(C5)C4)n2)CCNC3)C1. The molecule has 1 aromatic rings. The van der Waals surface area contributed by atoms with Crippen molar-refractivity contribution in [1.29, 1.82) is 0 Å². The Hall–Kier alpha value is -1.47. The molecule has 1 saturated carbocycles. The smallest absolute Gasteiger partial charge is 0.318 e. The Labute approximate surface area is 172 Å². The summed E-state index contributed by atoms with van der Waals surface area (Å²) in [4.78, 5) is 14.5. The average Bonchev–Trinajstić information content (AvgIpc) is 3.36. The third-order valence-corrected chi connectivity index (χ3v) is 8.03. The molecule has 0 spiro atoms. The van der Waals surface area contributed by atoms with Crippen LogP contribution in [0.1, 0.15) is 49.8 Å². The Bertz CT molecular complexity index is 779. The van der Waals surface area contributed by atoms with Gasteiger partial charge in [-0.2, -0.15) is 9.97 Å². The summed E-state index contributed by atoms with van der Waals surface area (Å²) in [5.41, 5.74) is 2.24. The van der Waals surface area contributed by atoms with Crippen molar-refractivity contribution in [3.8, 4) is 6.01 Å². The Morgan fingerprint density at radius 1 is 1.17 bits per heavy atom. The number of halogens is 1. The summed E-state index contributed by atoms with van der Waals surface area (Å²) in [6.07, 6.45) is 7.10. The molecule has 5 aliphatic rings. The summed E-state index contributed by atoms with van der Waals surface area (Å²) < 4.78 is 20.3. The number of aromatic nitrogens is 2. The van der Waals surface area contributed by atoms with E-state index in [9.17, 15) is 4.39 Å². The molecule has 1 aromatic heterocycles. The molecule has 3 unspecified atom stereocenters. The lowest BCUT2D eigenvalue weighted by molar-refractivity contribution is 0.107. The number of ether oxygens (including phenoxy) is 1. The van der Waals surface area contributed by atoms with Gasteiger partial charge >= 0.3 is 6.01 Å². The molecule has 1 N–H and O–H groups in total. The Kier molecular flexibility index (Phi) is 4.45. The normalized spacial score (nSPS) is 36.3. The number of hydrogen-bond acceptors (Lipinski definition) is 6. The van der Waals surface area contributed by atoms with Crippen LogP contribution in [0.15, 0.2) is 0 Å². The van der Waals surface area contributed by atoms with Crippen molar-refractivity contribution < 1.29 is 9.13 Å². The summed E-state index contributed by atoms with van der Waals surface area (Å²) in [6, 6.07) is 0.490. The van der Waals surface area contributed by atoms with Crippen molar-refractivity contribution in [3.63, 3.8) is 0 Å². The first-order chi connectivity index (χ1) is 14.2. The number of rotatable bonds is 4. The highest BCUT2D eigenvalue weighted by atomic mass is 19.1. The molecule has 1 aliphatic carbocycles. The van der Waals surface area contributed by atoms with Gasteiger partial charge in [0.15, 0.2) is 0 Å². The van der Waals surface area contributed by atoms with Gasteiger partial charge in [0, 0.05) is 38.2 Å². The Morgan fingerprint density at radius 3 is 2.90 bits per heavy atom. The van der Waals surface area contributed by atoms with E-state index < -0.39 is 6.17 Å². The van der Waals surface area contributed by atoms with Gasteiger partial charge in [0.05, 0.1) is 11.2 Å². The predicted octanol–water partition coefficient (Wildman–Crippen LogP) is 2.31. The monoisotopic (exact) mass is 401 g/mol. The van der Waals surface area contributed by atoms with Crippen LogP contribution in [0.2, 0.25) is 0 Å². The molecule has 4 aliphatic heterocycles. The van der Waals surface area contributed by atoms with E-state index in [1.807, 2.05) is 0 Å². The second-order valence-corrected chi connectivity index (χ2v) is 10.00. The number of fused-ring (bicyclic) bond motifs is 4. The quantitative estimate of drug-likeness (QED) is 0.836. The maximum atomic E-state index is 14.1. The topological polar surface area (TPSA) is 53.5 Å². The van der Waals surface area contributed by atoms with E-state index in [4.69, 9.17) is 14.7 Å². The largest absolute Gasteiger partial charge is 0.461 e. The number of piperidine rings is 1. The molecule has 2 bridgehead atoms. The highest BCUT2D eigenvalue weighted by molar-refractivity contribution is 5.52. The minimum absolute atomic E-state index is 0.151. The molecule has 4 fully saturated rings. The van der Waals surface area contributed by atoms with Gasteiger partial charge in [0.1, 0.15) is 18.6 Å². The van der Waals surface area contributed by atoms with Gasteiger partial charge in [-0.15, -0.1) is 0 Å². The Morgan fingerprint density at radius 2 is 2.03 bits per heavy atom. The maximum absolute atomic E-state index is 14.1. The number of hydrogen-bond donors (Lipinski definition) is 1. The Balaban J connectivity index is 1.27. The first-order valence-corrected chi connectivity index (χ1v) is 11.6. The molecule has 6 nitrogen and oxygen atoms in total. The standard InChI is InChI=1S/C22H32FN5O/c23-17-9-22(5-1-7-28(22)13-17)14-29-21-25-19-10-24-6-4-18(19)20(26-21)27-11-15-2-3-16(8-15)12-27/h15-17,24H,1-14H2/t15?,16?,17-,22?/m1/s1. The lowest BCUT2D eigenvalue weighted by atomic mass is 9.95. The van der Waals surface area contributed by atoms with Crippen LogP contribution in [-0.2, 0) is 13.0 Å². The van der Waals surface area contributed by atoms with Gasteiger partial charge in [-0.05, 0) is 63.5 Å². The van der Waals surface area contributed by atoms with Gasteiger partial charge in [-0.1, -0.05) is 0 Å². The van der Waals surface area contributed by atoms with Crippen LogP contribution in [0.25, 0.3) is 0 Å². The van der Waals surface area contributed by atoms with Crippen LogP contribution < -0.4 is 15.0 Å². The summed E-state index contributed by atoms with van der Waals surface area (Å²) in [6.45, 7) is 6.05. The van der Waals surface area contributed by atoms with Crippen LogP contribution >= 0.6 is 0 Å². The first-order valence-electron chi connectivity index (χ1n) is 11.6. The van der Waals surface area contributed by atoms with Crippen LogP contribution in [0, 0.1) is 11.8 Å². The van der Waals surface area contributed by atoms with Crippen molar-refractivity contribution in [3.05, 3.63) is 11.3 Å². The molecule has 0 aromatic carbocycles. The third kappa shape index (κ3) is 3.21. The molecule has 7 heteroatoms. The maximum Gasteiger partial charge on any atom is 0.318 e. The number of alkyl halides is 1. The molecule has 3 saturated heterocycles. The number of anilines is 1. The second kappa shape index (κ2) is 7.05. The van der Waals surface area contributed by atoms with Crippen molar-refractivity contribution in [2.24, 2.45) is 11.8 Å². The van der Waals surface area contributed by atoms with E-state index in [-0.39, 0.29) is 5.54 Å². The fraction of sp³-hybridized carbons (Fsp3) is 0.818. The van der Waals surface area contributed by atoms with Crippen LogP contribution in [0.3, 0.4) is 0 Å². The molecule has 5 heterocycles. The highest BCUT2D eigenvalue weighted by Crippen LogP contribution is 2.41. The molecule has 29 heavy (non-hydrogen) atoms. The van der Waals surface area contributed by atoms with Crippen LogP contribution in [-0.4, -0.2) is 65.9 Å². The molecular formula is C22H32FN5O. The van der Waals surface area contributed by atoms with Crippen LogP contribution in [0.5, 0.6) is 6.01 Å². The number of nitrogens with zero attached hydrogens (tertiary/aromatic N) is 4. The molecule has 6 rings (SSSR count). The van der Waals surface area contributed by atoms with E-state index in [0.29, 0.717) is 25.6 Å². The van der Waals surface area contributed by atoms with Gasteiger partial charge in [-0.3, -0.25) is 4.90 Å². The van der Waals surface area contributed by atoms with Gasteiger partial charge in [0.25, 0.3) is 0 Å². The lowest BCUT2D eigenvalue weighted by Crippen LogP contribution is -2.44. The zero-order chi connectivity index (χ0) is 19.4. The predicted molar refractivity (Wildman–Crippen MR) is 109 cm³/mol. The summed E-state index contributed by atoms with van der Waals surface area (Å²) in [5.74, 6) is 2.74. The molecule has 4 atom stereocenters. The molecular weight excluding hydrogens is 369 g/mol. The summed E-state index contributed by atoms with van der Waals surface area (Å²) >= 11 is 0. The molecule has 158 valence electrons. The lowest BCUT2D eigenvalue weighted by Gasteiger charge is -2.35. The minimum Gasteiger partial charge on any atom is -0.461 e. The van der Waals surface area contributed by atoms with Crippen molar-refractivity contribution in [2.75, 3.05) is 44.2 Å². The van der Waals surface area contributed by atoms with Gasteiger partial charge in [-0.25, -0.2) is 4.39 Å². The highest BCUT2D eigenvalue weighted by Gasteiger charge is 2.49. The molecule has 0 amide bonds. The van der Waals surface area contributed by atoms with Crippen molar-refractivity contribution in [1.82, 2.24) is 20.2 Å². The average molecular weight is 402 g/mol. The third-order valence-electron chi connectivity index (χ3n) is 8.03. The number of nitrogens with one attached hydrogen (secondary N) is 1.